The van der Waals surface area contributed by atoms with Crippen molar-refractivity contribution in [3.63, 3.8) is 0 Å². The lowest BCUT2D eigenvalue weighted by Crippen LogP contribution is -2.36. The van der Waals surface area contributed by atoms with Crippen LogP contribution in [0.5, 0.6) is 0 Å². The summed E-state index contributed by atoms with van der Waals surface area (Å²) in [6.07, 6.45) is 1.65. The highest BCUT2D eigenvalue weighted by atomic mass is 79.9. The van der Waals surface area contributed by atoms with Gasteiger partial charge in [-0.05, 0) is 73.8 Å². The maximum absolute atomic E-state index is 11.4. The average Bonchev–Trinajstić information content (AvgIpc) is 2.63. The van der Waals surface area contributed by atoms with Crippen LogP contribution in [0.2, 0.25) is 0 Å². The van der Waals surface area contributed by atoms with Gasteiger partial charge in [0.05, 0.1) is 15.0 Å². The number of nitrogens with one attached hydrogen (secondary N) is 3. The summed E-state index contributed by atoms with van der Waals surface area (Å²) in [6.45, 7) is 10.8. The van der Waals surface area contributed by atoms with Crippen LogP contribution in [0.4, 0.5) is 17.5 Å². The molecule has 0 saturated carbocycles. The number of anilines is 3. The second-order valence-corrected chi connectivity index (χ2v) is 10.5. The van der Waals surface area contributed by atoms with E-state index in [0.717, 1.165) is 4.47 Å². The van der Waals surface area contributed by atoms with Crippen molar-refractivity contribution in [2.24, 2.45) is 11.1 Å². The first-order chi connectivity index (χ1) is 13.8. The minimum Gasteiger partial charge on any atom is -0.366 e. The molecule has 11 heteroatoms. The number of halogens is 1. The number of benzene rings is 1. The second kappa shape index (κ2) is 10.0. The fourth-order valence-electron chi connectivity index (χ4n) is 2.31. The Balaban J connectivity index is 2.02. The van der Waals surface area contributed by atoms with Gasteiger partial charge in [-0.3, -0.25) is 4.84 Å². The van der Waals surface area contributed by atoms with Crippen LogP contribution in [0.1, 0.15) is 34.6 Å². The molecule has 0 saturated heterocycles. The molecule has 0 fully saturated rings. The number of sulfonamides is 1. The first-order valence-corrected chi connectivity index (χ1v) is 11.8. The third kappa shape index (κ3) is 7.80. The summed E-state index contributed by atoms with van der Waals surface area (Å²) in [7, 11) is -3.73. The van der Waals surface area contributed by atoms with E-state index in [1.807, 2.05) is 20.8 Å². The minimum absolute atomic E-state index is 0.0407. The number of hydrogen-bond acceptors (Lipinski definition) is 8. The molecule has 2 rings (SSSR count). The topological polar surface area (TPSA) is 131 Å². The van der Waals surface area contributed by atoms with Crippen molar-refractivity contribution < 1.29 is 13.3 Å². The molecule has 1 aromatic carbocycles. The van der Waals surface area contributed by atoms with E-state index in [4.69, 9.17) is 9.98 Å². The van der Waals surface area contributed by atoms with E-state index in [1.165, 1.54) is 12.1 Å². The molecule has 0 amide bonds. The Morgan fingerprint density at radius 1 is 1.20 bits per heavy atom. The van der Waals surface area contributed by atoms with Crippen molar-refractivity contribution >= 4 is 43.4 Å². The molecule has 2 aromatic rings. The molecule has 2 atom stereocenters. The van der Waals surface area contributed by atoms with Gasteiger partial charge in [-0.1, -0.05) is 6.92 Å². The zero-order chi connectivity index (χ0) is 22.5. The van der Waals surface area contributed by atoms with E-state index in [9.17, 15) is 8.42 Å². The van der Waals surface area contributed by atoms with E-state index in [-0.39, 0.29) is 22.5 Å². The molecule has 0 aliphatic rings. The van der Waals surface area contributed by atoms with Gasteiger partial charge in [0.15, 0.2) is 0 Å². The van der Waals surface area contributed by atoms with Crippen LogP contribution >= 0.6 is 15.9 Å². The SMILES string of the molecule is CC(CNOC(C)(C)C)C(C)Nc1nc(Nc2ccc(S(N)(=O)=O)cc2)ncc1Br. The highest BCUT2D eigenvalue weighted by Gasteiger charge is 2.17. The third-order valence-electron chi connectivity index (χ3n) is 4.18. The van der Waals surface area contributed by atoms with Gasteiger partial charge in [0.2, 0.25) is 16.0 Å². The lowest BCUT2D eigenvalue weighted by molar-refractivity contribution is -0.0767. The number of nitrogens with two attached hydrogens (primary N) is 1. The Morgan fingerprint density at radius 3 is 2.40 bits per heavy atom. The lowest BCUT2D eigenvalue weighted by Gasteiger charge is -2.25. The quantitative estimate of drug-likeness (QED) is 0.385. The molecule has 30 heavy (non-hydrogen) atoms. The number of hydrogen-bond donors (Lipinski definition) is 4. The molecule has 0 radical (unpaired) electrons. The summed E-state index contributed by atoms with van der Waals surface area (Å²) in [5.74, 6) is 1.28. The largest absolute Gasteiger partial charge is 0.366 e. The van der Waals surface area contributed by atoms with Crippen LogP contribution < -0.4 is 21.3 Å². The Bertz CT molecular complexity index is 948. The monoisotopic (exact) mass is 500 g/mol. The fourth-order valence-corrected chi connectivity index (χ4v) is 3.13. The van der Waals surface area contributed by atoms with Crippen LogP contribution in [0.15, 0.2) is 39.8 Å². The highest BCUT2D eigenvalue weighted by Crippen LogP contribution is 2.24. The second-order valence-electron chi connectivity index (χ2n) is 8.06. The van der Waals surface area contributed by atoms with Gasteiger partial charge in [-0.2, -0.15) is 4.98 Å². The van der Waals surface area contributed by atoms with Gasteiger partial charge in [-0.15, -0.1) is 0 Å². The highest BCUT2D eigenvalue weighted by molar-refractivity contribution is 9.10. The standard InChI is InChI=1S/C19H29BrN6O3S/c1-12(10-23-29-19(3,4)5)13(2)24-17-16(20)11-22-18(26-17)25-14-6-8-15(9-7-14)30(21,27)28/h6-9,11-13,23H,10H2,1-5H3,(H2,21,27,28)(H2,22,24,25,26). The van der Waals surface area contributed by atoms with E-state index in [1.54, 1.807) is 18.3 Å². The summed E-state index contributed by atoms with van der Waals surface area (Å²) in [5, 5.41) is 11.6. The summed E-state index contributed by atoms with van der Waals surface area (Å²) < 4.78 is 23.5. The van der Waals surface area contributed by atoms with Crippen LogP contribution in [-0.4, -0.2) is 36.6 Å². The first-order valence-electron chi connectivity index (χ1n) is 9.45. The van der Waals surface area contributed by atoms with Crippen molar-refractivity contribution in [3.8, 4) is 0 Å². The summed E-state index contributed by atoms with van der Waals surface area (Å²) >= 11 is 3.47. The molecule has 0 spiro atoms. The smallest absolute Gasteiger partial charge is 0.238 e. The summed E-state index contributed by atoms with van der Waals surface area (Å²) in [6, 6.07) is 6.15. The van der Waals surface area contributed by atoms with Gasteiger partial charge in [0.25, 0.3) is 0 Å². The predicted octanol–water partition coefficient (Wildman–Crippen LogP) is 3.39. The molecule has 0 bridgehead atoms. The molecule has 0 aliphatic heterocycles. The third-order valence-corrected chi connectivity index (χ3v) is 5.69. The number of nitrogens with zero attached hydrogens (tertiary/aromatic N) is 2. The lowest BCUT2D eigenvalue weighted by atomic mass is 10.0. The van der Waals surface area contributed by atoms with Gasteiger partial charge >= 0.3 is 0 Å². The van der Waals surface area contributed by atoms with Crippen LogP contribution in [0.25, 0.3) is 0 Å². The van der Waals surface area contributed by atoms with Crippen molar-refractivity contribution in [1.29, 1.82) is 0 Å². The van der Waals surface area contributed by atoms with E-state index < -0.39 is 10.0 Å². The Hall–Kier alpha value is -1.79. The number of rotatable bonds is 9. The fraction of sp³-hybridized carbons (Fsp3) is 0.474. The Labute approximate surface area is 186 Å². The van der Waals surface area contributed by atoms with E-state index >= 15 is 0 Å². The molecule has 0 aliphatic carbocycles. The molecular weight excluding hydrogens is 472 g/mol. The number of hydroxylamine groups is 1. The normalized spacial score (nSPS) is 14.2. The Kier molecular flexibility index (Phi) is 8.17. The van der Waals surface area contributed by atoms with Gasteiger partial charge in [0.1, 0.15) is 5.82 Å². The average molecular weight is 501 g/mol. The molecular formula is C19H29BrN6O3S. The molecule has 1 aromatic heterocycles. The maximum Gasteiger partial charge on any atom is 0.238 e. The molecule has 166 valence electrons. The van der Waals surface area contributed by atoms with Gasteiger partial charge in [-0.25, -0.2) is 24.0 Å². The first kappa shape index (κ1) is 24.5. The number of aromatic nitrogens is 2. The molecule has 2 unspecified atom stereocenters. The van der Waals surface area contributed by atoms with Crippen molar-refractivity contribution in [2.45, 2.75) is 51.2 Å². The van der Waals surface area contributed by atoms with Crippen LogP contribution in [0.3, 0.4) is 0 Å². The zero-order valence-corrected chi connectivity index (χ0v) is 20.1. The van der Waals surface area contributed by atoms with Crippen molar-refractivity contribution in [2.75, 3.05) is 17.2 Å². The van der Waals surface area contributed by atoms with Crippen molar-refractivity contribution in [3.05, 3.63) is 34.9 Å². The summed E-state index contributed by atoms with van der Waals surface area (Å²) in [4.78, 5) is 14.4. The Morgan fingerprint density at radius 2 is 1.83 bits per heavy atom. The predicted molar refractivity (Wildman–Crippen MR) is 122 cm³/mol. The maximum atomic E-state index is 11.4. The van der Waals surface area contributed by atoms with E-state index in [0.29, 0.717) is 24.0 Å². The van der Waals surface area contributed by atoms with Crippen LogP contribution in [0, 0.1) is 5.92 Å². The van der Waals surface area contributed by atoms with Crippen LogP contribution in [-0.2, 0) is 14.9 Å². The summed E-state index contributed by atoms with van der Waals surface area (Å²) in [5.41, 5.74) is 3.41. The van der Waals surface area contributed by atoms with Crippen molar-refractivity contribution in [1.82, 2.24) is 15.4 Å². The minimum atomic E-state index is -3.73. The van der Waals surface area contributed by atoms with E-state index in [2.05, 4.69) is 55.9 Å². The molecule has 1 heterocycles. The zero-order valence-electron chi connectivity index (χ0n) is 17.7. The number of primary sulfonamides is 1. The van der Waals surface area contributed by atoms with Gasteiger partial charge < -0.3 is 10.6 Å². The van der Waals surface area contributed by atoms with Gasteiger partial charge in [0, 0.05) is 24.5 Å². The molecule has 9 nitrogen and oxygen atoms in total. The molecule has 5 N–H and O–H groups in total.